The van der Waals surface area contributed by atoms with Gasteiger partial charge in [-0.2, -0.15) is 4.98 Å². The number of aromatic nitrogens is 4. The van der Waals surface area contributed by atoms with Crippen molar-refractivity contribution < 1.29 is 9.32 Å². The predicted molar refractivity (Wildman–Crippen MR) is 97.2 cm³/mol. The maximum absolute atomic E-state index is 12.9. The molecular formula is C19H20N6O2. The van der Waals surface area contributed by atoms with Crippen LogP contribution >= 0.6 is 0 Å². The van der Waals surface area contributed by atoms with Crippen molar-refractivity contribution in [3.05, 3.63) is 47.7 Å². The van der Waals surface area contributed by atoms with E-state index in [4.69, 9.17) is 4.52 Å². The molecule has 4 heterocycles. The summed E-state index contributed by atoms with van der Waals surface area (Å²) < 4.78 is 7.37. The van der Waals surface area contributed by atoms with Gasteiger partial charge in [-0.1, -0.05) is 24.2 Å². The Bertz CT molecular complexity index is 1010. The van der Waals surface area contributed by atoms with E-state index < -0.39 is 0 Å². The number of carbonyl (C=O) groups is 1. The van der Waals surface area contributed by atoms with Gasteiger partial charge in [-0.3, -0.25) is 9.36 Å². The molecule has 1 saturated heterocycles. The van der Waals surface area contributed by atoms with E-state index >= 15 is 0 Å². The van der Waals surface area contributed by atoms with Crippen molar-refractivity contribution in [3.8, 4) is 17.2 Å². The standard InChI is InChI=1S/C19H20N6O2/c1-2-8-20-10-15-22-18(23-27-15)16-17-14-7-9-24(14)19(26)12-5-3-4-6-13(12)25(17)11-21-16/h3-6,11,14,20H,2,7-10H2,1H3/t14-/m0/s1. The van der Waals surface area contributed by atoms with Crippen LogP contribution in [0.2, 0.25) is 0 Å². The SMILES string of the molecule is CCCNCc1nc(-c2ncn3c2[C@@H]2CCN2C(=O)c2ccccc2-3)no1. The summed E-state index contributed by atoms with van der Waals surface area (Å²) in [6, 6.07) is 7.63. The third kappa shape index (κ3) is 2.48. The number of hydrogen-bond acceptors (Lipinski definition) is 6. The molecule has 1 fully saturated rings. The van der Waals surface area contributed by atoms with Crippen LogP contribution in [-0.4, -0.2) is 43.6 Å². The molecule has 0 aliphatic carbocycles. The molecule has 0 unspecified atom stereocenters. The van der Waals surface area contributed by atoms with Gasteiger partial charge in [-0.05, 0) is 31.5 Å². The minimum Gasteiger partial charge on any atom is -0.337 e. The Kier molecular flexibility index (Phi) is 3.78. The number of nitrogens with zero attached hydrogens (tertiary/aromatic N) is 5. The first-order valence-corrected chi connectivity index (χ1v) is 9.29. The van der Waals surface area contributed by atoms with Crippen LogP contribution in [-0.2, 0) is 6.54 Å². The summed E-state index contributed by atoms with van der Waals surface area (Å²) in [6.07, 6.45) is 3.70. The minimum absolute atomic E-state index is 0.0115. The van der Waals surface area contributed by atoms with Gasteiger partial charge < -0.3 is 14.7 Å². The van der Waals surface area contributed by atoms with Gasteiger partial charge in [-0.15, -0.1) is 0 Å². The zero-order valence-electron chi connectivity index (χ0n) is 15.1. The van der Waals surface area contributed by atoms with Gasteiger partial charge in [0, 0.05) is 6.54 Å². The number of carbonyl (C=O) groups excluding carboxylic acids is 1. The predicted octanol–water partition coefficient (Wildman–Crippen LogP) is 2.32. The van der Waals surface area contributed by atoms with E-state index in [1.807, 2.05) is 33.7 Å². The first kappa shape index (κ1) is 16.2. The number of fused-ring (bicyclic) bond motifs is 5. The fourth-order valence-corrected chi connectivity index (χ4v) is 3.77. The molecule has 8 heteroatoms. The highest BCUT2D eigenvalue weighted by molar-refractivity contribution is 5.99. The summed E-state index contributed by atoms with van der Waals surface area (Å²) in [5.41, 5.74) is 3.18. The Labute approximate surface area is 156 Å². The Balaban J connectivity index is 1.58. The fraction of sp³-hybridized carbons (Fsp3) is 0.368. The van der Waals surface area contributed by atoms with Gasteiger partial charge in [0.25, 0.3) is 5.91 Å². The number of amides is 1. The molecule has 8 nitrogen and oxygen atoms in total. The summed E-state index contributed by atoms with van der Waals surface area (Å²) in [5, 5.41) is 7.38. The molecule has 1 aromatic carbocycles. The molecule has 0 radical (unpaired) electrons. The Morgan fingerprint density at radius 1 is 1.33 bits per heavy atom. The molecule has 2 aliphatic rings. The number of imidazole rings is 1. The third-order valence-electron chi connectivity index (χ3n) is 5.18. The van der Waals surface area contributed by atoms with Crippen molar-refractivity contribution in [2.75, 3.05) is 13.1 Å². The maximum atomic E-state index is 12.9. The smallest absolute Gasteiger partial charge is 0.256 e. The van der Waals surface area contributed by atoms with Gasteiger partial charge in [0.1, 0.15) is 12.0 Å². The number of nitrogens with one attached hydrogen (secondary N) is 1. The normalized spacial score (nSPS) is 17.7. The van der Waals surface area contributed by atoms with E-state index in [1.54, 1.807) is 6.33 Å². The van der Waals surface area contributed by atoms with Gasteiger partial charge in [-0.25, -0.2) is 4.98 Å². The van der Waals surface area contributed by atoms with Crippen molar-refractivity contribution in [1.29, 1.82) is 0 Å². The second-order valence-corrected chi connectivity index (χ2v) is 6.86. The van der Waals surface area contributed by atoms with Crippen LogP contribution in [0.25, 0.3) is 17.2 Å². The van der Waals surface area contributed by atoms with Crippen LogP contribution in [0.5, 0.6) is 0 Å². The van der Waals surface area contributed by atoms with Gasteiger partial charge in [0.2, 0.25) is 11.7 Å². The zero-order valence-corrected chi connectivity index (χ0v) is 15.1. The number of benzene rings is 1. The quantitative estimate of drug-likeness (QED) is 0.699. The van der Waals surface area contributed by atoms with E-state index in [0.717, 1.165) is 37.3 Å². The molecule has 0 saturated carbocycles. The van der Waals surface area contributed by atoms with E-state index in [2.05, 4.69) is 27.4 Å². The lowest BCUT2D eigenvalue weighted by molar-refractivity contribution is 0.0461. The van der Waals surface area contributed by atoms with Crippen LogP contribution < -0.4 is 5.32 Å². The van der Waals surface area contributed by atoms with Gasteiger partial charge in [0.15, 0.2) is 0 Å². The lowest BCUT2D eigenvalue weighted by Crippen LogP contribution is -2.44. The van der Waals surface area contributed by atoms with Crippen molar-refractivity contribution in [2.45, 2.75) is 32.4 Å². The molecule has 0 spiro atoms. The molecule has 5 rings (SSSR count). The number of rotatable bonds is 5. The Morgan fingerprint density at radius 3 is 3.04 bits per heavy atom. The molecule has 3 aromatic rings. The van der Waals surface area contributed by atoms with E-state index in [1.165, 1.54) is 0 Å². The minimum atomic E-state index is -0.0115. The summed E-state index contributed by atoms with van der Waals surface area (Å²) >= 11 is 0. The maximum Gasteiger partial charge on any atom is 0.256 e. The van der Waals surface area contributed by atoms with Crippen LogP contribution in [0.4, 0.5) is 0 Å². The zero-order chi connectivity index (χ0) is 18.4. The Hall–Kier alpha value is -3.00. The summed E-state index contributed by atoms with van der Waals surface area (Å²) in [7, 11) is 0. The molecule has 27 heavy (non-hydrogen) atoms. The topological polar surface area (TPSA) is 89.1 Å². The van der Waals surface area contributed by atoms with Crippen LogP contribution in [0.1, 0.15) is 47.7 Å². The monoisotopic (exact) mass is 364 g/mol. The van der Waals surface area contributed by atoms with E-state index in [9.17, 15) is 4.79 Å². The highest BCUT2D eigenvalue weighted by Gasteiger charge is 2.42. The number of hydrogen-bond donors (Lipinski definition) is 1. The van der Waals surface area contributed by atoms with Crippen molar-refractivity contribution in [2.24, 2.45) is 0 Å². The summed E-state index contributed by atoms with van der Waals surface area (Å²) in [6.45, 7) is 4.29. The molecule has 2 aromatic heterocycles. The van der Waals surface area contributed by atoms with Crippen molar-refractivity contribution >= 4 is 5.91 Å². The highest BCUT2D eigenvalue weighted by Crippen LogP contribution is 2.42. The first-order chi connectivity index (χ1) is 13.3. The second kappa shape index (κ2) is 6.31. The van der Waals surface area contributed by atoms with Gasteiger partial charge >= 0.3 is 0 Å². The number of para-hydroxylation sites is 1. The lowest BCUT2D eigenvalue weighted by Gasteiger charge is -2.39. The molecule has 1 amide bonds. The van der Waals surface area contributed by atoms with E-state index in [-0.39, 0.29) is 11.9 Å². The largest absolute Gasteiger partial charge is 0.337 e. The fourth-order valence-electron chi connectivity index (χ4n) is 3.77. The molecule has 1 atom stereocenters. The van der Waals surface area contributed by atoms with Crippen LogP contribution in [0.3, 0.4) is 0 Å². The molecule has 2 aliphatic heterocycles. The second-order valence-electron chi connectivity index (χ2n) is 6.86. The van der Waals surface area contributed by atoms with Crippen molar-refractivity contribution in [3.63, 3.8) is 0 Å². The van der Waals surface area contributed by atoms with Crippen LogP contribution in [0.15, 0.2) is 35.1 Å². The molecular weight excluding hydrogens is 344 g/mol. The average molecular weight is 364 g/mol. The summed E-state index contributed by atoms with van der Waals surface area (Å²) in [4.78, 5) is 23.9. The highest BCUT2D eigenvalue weighted by atomic mass is 16.5. The first-order valence-electron chi connectivity index (χ1n) is 9.29. The average Bonchev–Trinajstić information content (AvgIpc) is 3.27. The van der Waals surface area contributed by atoms with E-state index in [0.29, 0.717) is 29.5 Å². The summed E-state index contributed by atoms with van der Waals surface area (Å²) in [5.74, 6) is 1.07. The Morgan fingerprint density at radius 2 is 2.22 bits per heavy atom. The van der Waals surface area contributed by atoms with Crippen LogP contribution in [0, 0.1) is 0 Å². The van der Waals surface area contributed by atoms with Crippen molar-refractivity contribution in [1.82, 2.24) is 29.9 Å². The molecule has 138 valence electrons. The molecule has 1 N–H and O–H groups in total. The lowest BCUT2D eigenvalue weighted by atomic mass is 9.97. The third-order valence-corrected chi connectivity index (χ3v) is 5.18. The van der Waals surface area contributed by atoms with Gasteiger partial charge in [0.05, 0.1) is 29.5 Å². The molecule has 0 bridgehead atoms.